The molecule has 2 aromatic rings. The van der Waals surface area contributed by atoms with Crippen LogP contribution in [0.3, 0.4) is 0 Å². The first kappa shape index (κ1) is 24.7. The Balaban J connectivity index is 1.21. The van der Waals surface area contributed by atoms with E-state index in [1.807, 2.05) is 37.2 Å². The number of fused-ring (bicyclic) bond motifs is 6. The minimum absolute atomic E-state index is 0.0491. The first-order valence-corrected chi connectivity index (χ1v) is 14.3. The fraction of sp³-hybridized carbons (Fsp3) is 0.645. The molecule has 3 fully saturated rings. The van der Waals surface area contributed by atoms with Crippen LogP contribution in [0.2, 0.25) is 0 Å². The Hall–Kier alpha value is -2.63. The molecule has 3 aliphatic carbocycles. The van der Waals surface area contributed by atoms with Crippen molar-refractivity contribution in [3.8, 4) is 0 Å². The zero-order valence-corrected chi connectivity index (χ0v) is 23.1. The summed E-state index contributed by atoms with van der Waals surface area (Å²) in [6, 6.07) is 8.08. The van der Waals surface area contributed by atoms with Gasteiger partial charge in [-0.3, -0.25) is 9.59 Å². The van der Waals surface area contributed by atoms with Gasteiger partial charge in [-0.15, -0.1) is 0 Å². The van der Waals surface area contributed by atoms with Crippen LogP contribution in [-0.4, -0.2) is 39.9 Å². The van der Waals surface area contributed by atoms with Gasteiger partial charge < -0.3 is 14.8 Å². The fourth-order valence-corrected chi connectivity index (χ4v) is 9.29. The van der Waals surface area contributed by atoms with Crippen LogP contribution in [0.25, 0.3) is 11.0 Å². The molecule has 1 aromatic heterocycles. The lowest BCUT2D eigenvalue weighted by molar-refractivity contribution is -0.149. The number of aromatic nitrogens is 2. The van der Waals surface area contributed by atoms with Crippen molar-refractivity contribution in [2.45, 2.75) is 72.1 Å². The lowest BCUT2D eigenvalue weighted by Crippen LogP contribution is -2.58. The number of nitrogens with zero attached hydrogens (tertiary/aromatic N) is 3. The average molecular weight is 503 g/mol. The first-order chi connectivity index (χ1) is 17.6. The predicted molar refractivity (Wildman–Crippen MR) is 145 cm³/mol. The van der Waals surface area contributed by atoms with E-state index in [-0.39, 0.29) is 17.2 Å². The number of aryl methyl sites for hydroxylation is 1. The van der Waals surface area contributed by atoms with Crippen LogP contribution < -0.4 is 5.32 Å². The molecule has 2 saturated carbocycles. The molecule has 4 aliphatic rings. The molecule has 1 N–H and O–H groups in total. The Kier molecular flexibility index (Phi) is 5.81. The normalized spacial score (nSPS) is 35.4. The number of nitrogens with one attached hydrogen (secondary N) is 1. The summed E-state index contributed by atoms with van der Waals surface area (Å²) in [6.45, 7) is 7.61. The van der Waals surface area contributed by atoms with Crippen molar-refractivity contribution in [2.75, 3.05) is 13.6 Å². The minimum atomic E-state index is -0.623. The summed E-state index contributed by atoms with van der Waals surface area (Å²) in [5, 5.41) is 3.11. The zero-order valence-electron chi connectivity index (χ0n) is 23.1. The van der Waals surface area contributed by atoms with Gasteiger partial charge in [-0.25, -0.2) is 4.98 Å². The molecule has 1 aliphatic heterocycles. The quantitative estimate of drug-likeness (QED) is 0.583. The van der Waals surface area contributed by atoms with E-state index in [0.29, 0.717) is 36.6 Å². The van der Waals surface area contributed by atoms with Crippen molar-refractivity contribution in [1.82, 2.24) is 19.8 Å². The van der Waals surface area contributed by atoms with Crippen LogP contribution in [0.4, 0.5) is 0 Å². The Bertz CT molecular complexity index is 1290. The molecule has 37 heavy (non-hydrogen) atoms. The summed E-state index contributed by atoms with van der Waals surface area (Å²) in [6.07, 6.45) is 8.94. The first-order valence-electron chi connectivity index (χ1n) is 14.3. The molecule has 198 valence electrons. The van der Waals surface area contributed by atoms with Crippen molar-refractivity contribution in [3.05, 3.63) is 41.4 Å². The number of likely N-dealkylation sites (tertiary alicyclic amines) is 1. The standard InChI is InChI=1S/C31H42N4O2/c1-19-17-20-22-9-8-14-30(22,2)15-12-23(20)31(3)18-21(29(37)35(5)27(19)31)28(36)32-16-13-26-33-24-10-6-7-11-25(24)34(26)4/h6-7,10-11,20-23H,8-9,12-18H2,1-5H3,(H,32,36)/t20-,21?,22-,23+,30-,31+/m0/s1. The van der Waals surface area contributed by atoms with Crippen LogP contribution >= 0.6 is 0 Å². The maximum atomic E-state index is 13.5. The fourth-order valence-electron chi connectivity index (χ4n) is 9.29. The average Bonchev–Trinajstić information content (AvgIpc) is 3.41. The molecule has 0 spiro atoms. The van der Waals surface area contributed by atoms with Gasteiger partial charge in [-0.05, 0) is 80.8 Å². The van der Waals surface area contributed by atoms with Crippen molar-refractivity contribution >= 4 is 22.8 Å². The van der Waals surface area contributed by atoms with Gasteiger partial charge in [0.2, 0.25) is 11.8 Å². The van der Waals surface area contributed by atoms with Crippen LogP contribution in [0, 0.1) is 34.5 Å². The lowest BCUT2D eigenvalue weighted by Gasteiger charge is -2.59. The van der Waals surface area contributed by atoms with E-state index < -0.39 is 5.92 Å². The van der Waals surface area contributed by atoms with E-state index in [1.54, 1.807) is 0 Å². The second kappa shape index (κ2) is 8.71. The molecule has 6 rings (SSSR count). The van der Waals surface area contributed by atoms with Gasteiger partial charge in [0.15, 0.2) is 0 Å². The largest absolute Gasteiger partial charge is 0.355 e. The molecule has 1 unspecified atom stereocenters. The molecular formula is C31H42N4O2. The third-order valence-corrected chi connectivity index (χ3v) is 11.0. The van der Waals surface area contributed by atoms with E-state index in [2.05, 4.69) is 36.7 Å². The molecular weight excluding hydrogens is 460 g/mol. The van der Waals surface area contributed by atoms with Crippen LogP contribution in [0.1, 0.15) is 71.5 Å². The Morgan fingerprint density at radius 3 is 2.70 bits per heavy atom. The second-order valence-corrected chi connectivity index (χ2v) is 13.0. The van der Waals surface area contributed by atoms with Gasteiger partial charge in [-0.2, -0.15) is 0 Å². The van der Waals surface area contributed by atoms with Crippen LogP contribution in [-0.2, 0) is 23.1 Å². The number of amides is 2. The predicted octanol–water partition coefficient (Wildman–Crippen LogP) is 5.23. The minimum Gasteiger partial charge on any atom is -0.355 e. The summed E-state index contributed by atoms with van der Waals surface area (Å²) in [5.41, 5.74) is 5.00. The highest BCUT2D eigenvalue weighted by Gasteiger charge is 2.60. The molecule has 1 saturated heterocycles. The number of imidazole rings is 1. The lowest BCUT2D eigenvalue weighted by atomic mass is 9.48. The van der Waals surface area contributed by atoms with Crippen molar-refractivity contribution < 1.29 is 9.59 Å². The summed E-state index contributed by atoms with van der Waals surface area (Å²) < 4.78 is 2.09. The second-order valence-electron chi connectivity index (χ2n) is 13.0. The van der Waals surface area contributed by atoms with Crippen LogP contribution in [0.5, 0.6) is 0 Å². The number of hydrogen-bond acceptors (Lipinski definition) is 3. The Labute approximate surface area is 220 Å². The maximum absolute atomic E-state index is 13.5. The number of hydrogen-bond donors (Lipinski definition) is 1. The molecule has 0 radical (unpaired) electrons. The van der Waals surface area contributed by atoms with Gasteiger partial charge in [0, 0.05) is 38.2 Å². The summed E-state index contributed by atoms with van der Waals surface area (Å²) in [4.78, 5) is 33.6. The highest BCUT2D eigenvalue weighted by molar-refractivity contribution is 6.01. The Morgan fingerprint density at radius 2 is 1.92 bits per heavy atom. The number of piperidine rings is 1. The molecule has 1 aromatic carbocycles. The molecule has 6 atom stereocenters. The van der Waals surface area contributed by atoms with Crippen molar-refractivity contribution in [3.63, 3.8) is 0 Å². The van der Waals surface area contributed by atoms with Crippen molar-refractivity contribution in [2.24, 2.45) is 41.5 Å². The van der Waals surface area contributed by atoms with E-state index in [4.69, 9.17) is 4.98 Å². The number of carbonyl (C=O) groups is 2. The summed E-state index contributed by atoms with van der Waals surface area (Å²) >= 11 is 0. The van der Waals surface area contributed by atoms with Crippen molar-refractivity contribution in [1.29, 1.82) is 0 Å². The van der Waals surface area contributed by atoms with E-state index in [9.17, 15) is 9.59 Å². The molecule has 0 bridgehead atoms. The van der Waals surface area contributed by atoms with Gasteiger partial charge in [0.1, 0.15) is 11.7 Å². The van der Waals surface area contributed by atoms with E-state index in [1.165, 1.54) is 43.4 Å². The van der Waals surface area contributed by atoms with Gasteiger partial charge in [0.25, 0.3) is 0 Å². The molecule has 2 amide bonds. The monoisotopic (exact) mass is 502 g/mol. The van der Waals surface area contributed by atoms with E-state index in [0.717, 1.165) is 29.2 Å². The molecule has 2 heterocycles. The topological polar surface area (TPSA) is 67.2 Å². The zero-order chi connectivity index (χ0) is 26.1. The van der Waals surface area contributed by atoms with E-state index >= 15 is 0 Å². The number of benzene rings is 1. The van der Waals surface area contributed by atoms with Gasteiger partial charge >= 0.3 is 0 Å². The summed E-state index contributed by atoms with van der Waals surface area (Å²) in [5.74, 6) is 2.15. The Morgan fingerprint density at radius 1 is 1.14 bits per heavy atom. The highest BCUT2D eigenvalue weighted by atomic mass is 16.2. The smallest absolute Gasteiger partial charge is 0.239 e. The maximum Gasteiger partial charge on any atom is 0.239 e. The SMILES string of the molecule is CC1=C2N(C)C(=O)C(C(=O)NCCc3nc4ccccc4n3C)C[C@]2(C)[C@@H]2CC[C@]3(C)CCC[C@H]3[C@@H]2C1. The van der Waals surface area contributed by atoms with Crippen LogP contribution in [0.15, 0.2) is 35.5 Å². The highest BCUT2D eigenvalue weighted by Crippen LogP contribution is 2.65. The molecule has 6 heteroatoms. The third kappa shape index (κ3) is 3.69. The number of para-hydroxylation sites is 2. The number of rotatable bonds is 4. The number of allylic oxidation sites excluding steroid dienone is 2. The summed E-state index contributed by atoms with van der Waals surface area (Å²) in [7, 11) is 3.92. The number of carbonyl (C=O) groups excluding carboxylic acids is 2. The van der Waals surface area contributed by atoms with Gasteiger partial charge in [0.05, 0.1) is 11.0 Å². The van der Waals surface area contributed by atoms with Gasteiger partial charge in [-0.1, -0.05) is 38.0 Å². The molecule has 6 nitrogen and oxygen atoms in total. The third-order valence-electron chi connectivity index (χ3n) is 11.0.